The molecule has 1 saturated carbocycles. The van der Waals surface area contributed by atoms with Crippen molar-refractivity contribution in [3.63, 3.8) is 0 Å². The predicted octanol–water partition coefficient (Wildman–Crippen LogP) is 4.92. The number of nitrogens with one attached hydrogen (secondary N) is 2. The van der Waals surface area contributed by atoms with Gasteiger partial charge in [0.05, 0.1) is 11.6 Å². The molecule has 0 saturated heterocycles. The number of halogens is 1. The number of benzene rings is 3. The molecule has 5 nitrogen and oxygen atoms in total. The van der Waals surface area contributed by atoms with Crippen LogP contribution in [-0.4, -0.2) is 11.9 Å². The largest absolute Gasteiger partial charge is 0.457 e. The third-order valence-corrected chi connectivity index (χ3v) is 4.77. The van der Waals surface area contributed by atoms with Gasteiger partial charge in [-0.2, -0.15) is 5.26 Å². The van der Waals surface area contributed by atoms with E-state index in [9.17, 15) is 9.18 Å². The maximum absolute atomic E-state index is 13.3. The summed E-state index contributed by atoms with van der Waals surface area (Å²) in [6, 6.07) is 21.7. The highest BCUT2D eigenvalue weighted by Crippen LogP contribution is 2.27. The standard InChI is InChI=1S/C24H20FN3O2/c25-18-5-3-17(4-6-18)23(24(29)28-20-7-8-20)27-19-9-13-22(14-10-19)30-21-11-1-16(15-26)2-12-21/h1-6,9-14,20,23,27H,7-8H2,(H,28,29). The van der Waals surface area contributed by atoms with Crippen molar-refractivity contribution in [1.82, 2.24) is 5.32 Å². The molecule has 0 bridgehead atoms. The SMILES string of the molecule is N#Cc1ccc(Oc2ccc(NC(C(=O)NC3CC3)c3ccc(F)cc3)cc2)cc1. The highest BCUT2D eigenvalue weighted by atomic mass is 19.1. The Bertz CT molecular complexity index is 1050. The summed E-state index contributed by atoms with van der Waals surface area (Å²) in [6.45, 7) is 0. The molecule has 3 aromatic carbocycles. The van der Waals surface area contributed by atoms with Gasteiger partial charge in [-0.15, -0.1) is 0 Å². The zero-order chi connectivity index (χ0) is 20.9. The van der Waals surface area contributed by atoms with Crippen LogP contribution in [0, 0.1) is 17.1 Å². The molecule has 1 fully saturated rings. The highest BCUT2D eigenvalue weighted by molar-refractivity contribution is 5.86. The third-order valence-electron chi connectivity index (χ3n) is 4.77. The van der Waals surface area contributed by atoms with Gasteiger partial charge < -0.3 is 15.4 Å². The number of amides is 1. The molecule has 30 heavy (non-hydrogen) atoms. The van der Waals surface area contributed by atoms with E-state index in [-0.39, 0.29) is 17.8 Å². The minimum Gasteiger partial charge on any atom is -0.457 e. The van der Waals surface area contributed by atoms with Crippen LogP contribution in [0.5, 0.6) is 11.5 Å². The molecule has 150 valence electrons. The average molecular weight is 401 g/mol. The molecule has 6 heteroatoms. The van der Waals surface area contributed by atoms with E-state index in [4.69, 9.17) is 10.00 Å². The van der Waals surface area contributed by atoms with Crippen LogP contribution < -0.4 is 15.4 Å². The van der Waals surface area contributed by atoms with Crippen molar-refractivity contribution < 1.29 is 13.9 Å². The Morgan fingerprint density at radius 3 is 2.13 bits per heavy atom. The van der Waals surface area contributed by atoms with Gasteiger partial charge >= 0.3 is 0 Å². The molecular weight excluding hydrogens is 381 g/mol. The summed E-state index contributed by atoms with van der Waals surface area (Å²) in [5.41, 5.74) is 1.99. The molecule has 3 aromatic rings. The molecule has 2 N–H and O–H groups in total. The molecule has 0 aliphatic heterocycles. The van der Waals surface area contributed by atoms with Crippen LogP contribution in [0.15, 0.2) is 72.8 Å². The molecule has 0 spiro atoms. The first-order valence-corrected chi connectivity index (χ1v) is 9.71. The molecule has 1 unspecified atom stereocenters. The normalized spacial score (nSPS) is 13.7. The summed E-state index contributed by atoms with van der Waals surface area (Å²) in [7, 11) is 0. The summed E-state index contributed by atoms with van der Waals surface area (Å²) in [6.07, 6.45) is 1.98. The zero-order valence-corrected chi connectivity index (χ0v) is 16.1. The number of carbonyl (C=O) groups is 1. The van der Waals surface area contributed by atoms with E-state index in [1.54, 1.807) is 48.5 Å². The Hall–Kier alpha value is -3.85. The number of nitrogens with zero attached hydrogens (tertiary/aromatic N) is 1. The predicted molar refractivity (Wildman–Crippen MR) is 112 cm³/mol. The topological polar surface area (TPSA) is 74.1 Å². The quantitative estimate of drug-likeness (QED) is 0.589. The first-order valence-electron chi connectivity index (χ1n) is 9.71. The number of hydrogen-bond donors (Lipinski definition) is 2. The molecule has 1 aliphatic carbocycles. The number of rotatable bonds is 7. The summed E-state index contributed by atoms with van der Waals surface area (Å²) >= 11 is 0. The van der Waals surface area contributed by atoms with Gasteiger partial charge in [-0.3, -0.25) is 4.79 Å². The lowest BCUT2D eigenvalue weighted by Crippen LogP contribution is -2.34. The summed E-state index contributed by atoms with van der Waals surface area (Å²) in [5.74, 6) is 0.778. The summed E-state index contributed by atoms with van der Waals surface area (Å²) < 4.78 is 19.1. The monoisotopic (exact) mass is 401 g/mol. The van der Waals surface area contributed by atoms with Gasteiger partial charge in [-0.25, -0.2) is 4.39 Å². The molecule has 1 aliphatic rings. The van der Waals surface area contributed by atoms with Gasteiger partial charge in [-0.1, -0.05) is 12.1 Å². The first kappa shape index (κ1) is 19.5. The Morgan fingerprint density at radius 1 is 0.967 bits per heavy atom. The van der Waals surface area contributed by atoms with Gasteiger partial charge in [0, 0.05) is 11.7 Å². The molecule has 4 rings (SSSR count). The van der Waals surface area contributed by atoms with Crippen molar-refractivity contribution in [2.75, 3.05) is 5.32 Å². The maximum Gasteiger partial charge on any atom is 0.247 e. The minimum atomic E-state index is -0.628. The van der Waals surface area contributed by atoms with Crippen molar-refractivity contribution in [2.24, 2.45) is 0 Å². The molecule has 1 atom stereocenters. The van der Waals surface area contributed by atoms with Crippen molar-refractivity contribution in [2.45, 2.75) is 24.9 Å². The number of carbonyl (C=O) groups excluding carboxylic acids is 1. The van der Waals surface area contributed by atoms with Gasteiger partial charge in [0.1, 0.15) is 23.4 Å². The Balaban J connectivity index is 1.47. The van der Waals surface area contributed by atoms with Crippen LogP contribution in [0.2, 0.25) is 0 Å². The summed E-state index contributed by atoms with van der Waals surface area (Å²) in [4.78, 5) is 12.7. The van der Waals surface area contributed by atoms with E-state index in [1.807, 2.05) is 12.1 Å². The van der Waals surface area contributed by atoms with E-state index >= 15 is 0 Å². The van der Waals surface area contributed by atoms with Crippen molar-refractivity contribution in [3.8, 4) is 17.6 Å². The maximum atomic E-state index is 13.3. The van der Waals surface area contributed by atoms with Crippen molar-refractivity contribution in [1.29, 1.82) is 5.26 Å². The lowest BCUT2D eigenvalue weighted by molar-refractivity contribution is -0.122. The van der Waals surface area contributed by atoms with Crippen LogP contribution in [0.4, 0.5) is 10.1 Å². The van der Waals surface area contributed by atoms with Crippen LogP contribution in [0.1, 0.15) is 30.0 Å². The number of ether oxygens (including phenoxy) is 1. The number of nitriles is 1. The van der Waals surface area contributed by atoms with Crippen molar-refractivity contribution in [3.05, 3.63) is 89.7 Å². The van der Waals surface area contributed by atoms with Crippen LogP contribution in [-0.2, 0) is 4.79 Å². The minimum absolute atomic E-state index is 0.137. The second kappa shape index (κ2) is 8.66. The first-order chi connectivity index (χ1) is 14.6. The molecular formula is C24H20FN3O2. The van der Waals surface area contributed by atoms with Gasteiger partial charge in [0.2, 0.25) is 5.91 Å². The van der Waals surface area contributed by atoms with Crippen LogP contribution in [0.25, 0.3) is 0 Å². The Kier molecular flexibility index (Phi) is 5.62. The van der Waals surface area contributed by atoms with E-state index < -0.39 is 6.04 Å². The lowest BCUT2D eigenvalue weighted by atomic mass is 10.1. The third kappa shape index (κ3) is 4.95. The average Bonchev–Trinajstić information content (AvgIpc) is 3.58. The Morgan fingerprint density at radius 2 is 1.57 bits per heavy atom. The fourth-order valence-corrected chi connectivity index (χ4v) is 2.99. The van der Waals surface area contributed by atoms with E-state index in [2.05, 4.69) is 16.7 Å². The van der Waals surface area contributed by atoms with E-state index in [0.29, 0.717) is 22.6 Å². The van der Waals surface area contributed by atoms with Crippen LogP contribution >= 0.6 is 0 Å². The van der Waals surface area contributed by atoms with Crippen LogP contribution in [0.3, 0.4) is 0 Å². The lowest BCUT2D eigenvalue weighted by Gasteiger charge is -2.20. The zero-order valence-electron chi connectivity index (χ0n) is 16.1. The second-order valence-electron chi connectivity index (χ2n) is 7.17. The van der Waals surface area contributed by atoms with E-state index in [0.717, 1.165) is 18.5 Å². The number of hydrogen-bond acceptors (Lipinski definition) is 4. The fourth-order valence-electron chi connectivity index (χ4n) is 2.99. The fraction of sp³-hybridized carbons (Fsp3) is 0.167. The number of anilines is 1. The smallest absolute Gasteiger partial charge is 0.247 e. The second-order valence-corrected chi connectivity index (χ2v) is 7.17. The van der Waals surface area contributed by atoms with Crippen molar-refractivity contribution >= 4 is 11.6 Å². The van der Waals surface area contributed by atoms with Gasteiger partial charge in [-0.05, 0) is 79.1 Å². The molecule has 0 radical (unpaired) electrons. The Labute approximate surface area is 174 Å². The van der Waals surface area contributed by atoms with Gasteiger partial charge in [0.25, 0.3) is 0 Å². The summed E-state index contributed by atoms with van der Waals surface area (Å²) in [5, 5.41) is 15.1. The van der Waals surface area contributed by atoms with Gasteiger partial charge in [0.15, 0.2) is 0 Å². The molecule has 0 aromatic heterocycles. The highest BCUT2D eigenvalue weighted by Gasteiger charge is 2.28. The molecule has 1 amide bonds. The van der Waals surface area contributed by atoms with E-state index in [1.165, 1.54) is 12.1 Å². The molecule has 0 heterocycles.